The highest BCUT2D eigenvalue weighted by molar-refractivity contribution is 6.40. The molecular weight excluding hydrogens is 481 g/mol. The van der Waals surface area contributed by atoms with Crippen LogP contribution in [0, 0.1) is 0 Å². The van der Waals surface area contributed by atoms with E-state index in [0.717, 1.165) is 13.2 Å². The highest BCUT2D eigenvalue weighted by Crippen LogP contribution is 2.34. The lowest BCUT2D eigenvalue weighted by Gasteiger charge is -2.23. The van der Waals surface area contributed by atoms with Crippen molar-refractivity contribution >= 4 is 35.1 Å². The van der Waals surface area contributed by atoms with Crippen LogP contribution in [0.1, 0.15) is 38.4 Å². The SMILES string of the molecule is COC(=O)C(=O)N(c1ccccc1)c1nc(C(F)(F)F)ccc1C(=O)CCc1ccc(C(=O)O)cc1. The number of aromatic carboxylic acids is 1. The summed E-state index contributed by atoms with van der Waals surface area (Å²) in [6, 6.07) is 14.6. The number of anilines is 2. The van der Waals surface area contributed by atoms with Crippen LogP contribution in [0.5, 0.6) is 0 Å². The second-order valence-corrected chi connectivity index (χ2v) is 7.46. The van der Waals surface area contributed by atoms with Gasteiger partial charge in [-0.1, -0.05) is 30.3 Å². The van der Waals surface area contributed by atoms with Crippen molar-refractivity contribution < 1.29 is 42.2 Å². The third-order valence-corrected chi connectivity index (χ3v) is 5.10. The van der Waals surface area contributed by atoms with Gasteiger partial charge in [-0.25, -0.2) is 14.6 Å². The van der Waals surface area contributed by atoms with Gasteiger partial charge < -0.3 is 9.84 Å². The summed E-state index contributed by atoms with van der Waals surface area (Å²) >= 11 is 0. The summed E-state index contributed by atoms with van der Waals surface area (Å²) in [5, 5.41) is 8.99. The number of hydrogen-bond donors (Lipinski definition) is 1. The van der Waals surface area contributed by atoms with E-state index in [1.807, 2.05) is 0 Å². The van der Waals surface area contributed by atoms with Gasteiger partial charge in [0.2, 0.25) is 0 Å². The summed E-state index contributed by atoms with van der Waals surface area (Å²) in [5.74, 6) is -5.14. The first-order valence-corrected chi connectivity index (χ1v) is 10.4. The van der Waals surface area contributed by atoms with Gasteiger partial charge >= 0.3 is 24.0 Å². The summed E-state index contributed by atoms with van der Waals surface area (Å²) in [6.07, 6.45) is -4.95. The van der Waals surface area contributed by atoms with Crippen molar-refractivity contribution in [3.63, 3.8) is 0 Å². The Morgan fingerprint density at radius 1 is 0.944 bits per heavy atom. The first kappa shape index (κ1) is 26.1. The number of esters is 1. The maximum Gasteiger partial charge on any atom is 0.433 e. The summed E-state index contributed by atoms with van der Waals surface area (Å²) in [7, 11) is 0.935. The number of carboxylic acid groups (broad SMARTS) is 1. The van der Waals surface area contributed by atoms with Crippen LogP contribution < -0.4 is 4.90 Å². The van der Waals surface area contributed by atoms with Crippen LogP contribution in [-0.2, 0) is 26.9 Å². The van der Waals surface area contributed by atoms with Crippen molar-refractivity contribution in [3.05, 3.63) is 89.1 Å². The van der Waals surface area contributed by atoms with E-state index >= 15 is 0 Å². The zero-order valence-electron chi connectivity index (χ0n) is 18.8. The lowest BCUT2D eigenvalue weighted by Crippen LogP contribution is -2.35. The van der Waals surface area contributed by atoms with Gasteiger partial charge in [0.25, 0.3) is 0 Å². The maximum atomic E-state index is 13.5. The molecular formula is C25H19F3N2O6. The quantitative estimate of drug-likeness (QED) is 0.290. The molecule has 0 unspecified atom stereocenters. The monoisotopic (exact) mass is 500 g/mol. The largest absolute Gasteiger partial charge is 0.478 e. The minimum absolute atomic E-state index is 0.00182. The molecule has 0 aliphatic rings. The van der Waals surface area contributed by atoms with Crippen LogP contribution in [0.2, 0.25) is 0 Å². The number of pyridine rings is 1. The second kappa shape index (κ2) is 10.8. The number of halogens is 3. The van der Waals surface area contributed by atoms with E-state index in [9.17, 15) is 32.3 Å². The van der Waals surface area contributed by atoms with E-state index in [0.29, 0.717) is 16.5 Å². The van der Waals surface area contributed by atoms with Crippen LogP contribution in [-0.4, -0.2) is 40.8 Å². The highest BCUT2D eigenvalue weighted by atomic mass is 19.4. The summed E-state index contributed by atoms with van der Waals surface area (Å²) in [6.45, 7) is 0. The van der Waals surface area contributed by atoms with Crippen molar-refractivity contribution in [3.8, 4) is 0 Å². The molecule has 3 rings (SSSR count). The standard InChI is InChI=1S/C25H19F3N2O6/c1-36-24(35)22(32)30(17-5-3-2-4-6-17)21-18(12-14-20(29-21)25(26,27)28)19(31)13-9-15-7-10-16(11-8-15)23(33)34/h2-8,10-12,14H,9,13H2,1H3,(H,33,34). The van der Waals surface area contributed by atoms with E-state index in [1.54, 1.807) is 6.07 Å². The zero-order valence-corrected chi connectivity index (χ0v) is 18.8. The molecule has 0 fully saturated rings. The average molecular weight is 500 g/mol. The topological polar surface area (TPSA) is 114 Å². The number of aromatic nitrogens is 1. The van der Waals surface area contributed by atoms with Gasteiger partial charge in [0, 0.05) is 6.42 Å². The predicted molar refractivity (Wildman–Crippen MR) is 121 cm³/mol. The number of methoxy groups -OCH3 is 1. The number of ketones is 1. The Morgan fingerprint density at radius 2 is 1.58 bits per heavy atom. The molecule has 1 N–H and O–H groups in total. The molecule has 0 saturated carbocycles. The fourth-order valence-corrected chi connectivity index (χ4v) is 3.29. The van der Waals surface area contributed by atoms with Gasteiger partial charge in [-0.3, -0.25) is 14.5 Å². The molecule has 2 aromatic carbocycles. The van der Waals surface area contributed by atoms with Crippen molar-refractivity contribution in [1.29, 1.82) is 0 Å². The summed E-state index contributed by atoms with van der Waals surface area (Å²) < 4.78 is 44.9. The minimum atomic E-state index is -4.89. The van der Waals surface area contributed by atoms with E-state index in [-0.39, 0.29) is 29.7 Å². The molecule has 1 amide bonds. The molecule has 0 bridgehead atoms. The zero-order chi connectivity index (χ0) is 26.5. The second-order valence-electron chi connectivity index (χ2n) is 7.46. The van der Waals surface area contributed by atoms with Crippen LogP contribution in [0.4, 0.5) is 24.7 Å². The average Bonchev–Trinajstić information content (AvgIpc) is 2.87. The van der Waals surface area contributed by atoms with E-state index < -0.39 is 41.3 Å². The number of aryl methyl sites for hydroxylation is 1. The summed E-state index contributed by atoms with van der Waals surface area (Å²) in [4.78, 5) is 53.2. The first-order valence-electron chi connectivity index (χ1n) is 10.4. The van der Waals surface area contributed by atoms with Crippen molar-refractivity contribution in [2.24, 2.45) is 0 Å². The predicted octanol–water partition coefficient (Wildman–Crippen LogP) is 4.45. The molecule has 36 heavy (non-hydrogen) atoms. The van der Waals surface area contributed by atoms with Gasteiger partial charge in [0.15, 0.2) is 11.6 Å². The van der Waals surface area contributed by atoms with Crippen LogP contribution >= 0.6 is 0 Å². The third kappa shape index (κ3) is 5.93. The number of ether oxygens (including phenoxy) is 1. The van der Waals surface area contributed by atoms with Crippen molar-refractivity contribution in [1.82, 2.24) is 4.98 Å². The van der Waals surface area contributed by atoms with Gasteiger partial charge in [-0.2, -0.15) is 13.2 Å². The molecule has 0 aliphatic carbocycles. The number of rotatable bonds is 7. The van der Waals surface area contributed by atoms with Gasteiger partial charge in [-0.05, 0) is 48.4 Å². The molecule has 0 saturated heterocycles. The van der Waals surface area contributed by atoms with E-state index in [2.05, 4.69) is 9.72 Å². The molecule has 186 valence electrons. The highest BCUT2D eigenvalue weighted by Gasteiger charge is 2.36. The number of carbonyl (C=O) groups excluding carboxylic acids is 3. The number of carbonyl (C=O) groups is 4. The Hall–Kier alpha value is -4.54. The maximum absolute atomic E-state index is 13.5. The number of para-hydroxylation sites is 1. The smallest absolute Gasteiger partial charge is 0.433 e. The number of hydrogen-bond acceptors (Lipinski definition) is 6. The van der Waals surface area contributed by atoms with E-state index in [4.69, 9.17) is 5.11 Å². The fraction of sp³-hybridized carbons (Fsp3) is 0.160. The van der Waals surface area contributed by atoms with Crippen LogP contribution in [0.15, 0.2) is 66.7 Å². The lowest BCUT2D eigenvalue weighted by atomic mass is 10.0. The first-order chi connectivity index (χ1) is 17.0. The number of benzene rings is 2. The van der Waals surface area contributed by atoms with Crippen molar-refractivity contribution in [2.75, 3.05) is 12.0 Å². The molecule has 11 heteroatoms. The molecule has 0 aliphatic heterocycles. The number of carboxylic acids is 1. The lowest BCUT2D eigenvalue weighted by molar-refractivity contribution is -0.151. The Balaban J connectivity index is 2.05. The Bertz CT molecular complexity index is 1290. The van der Waals surface area contributed by atoms with Crippen molar-refractivity contribution in [2.45, 2.75) is 19.0 Å². The Morgan fingerprint density at radius 3 is 2.14 bits per heavy atom. The number of Topliss-reactive ketones (excluding diaryl/α,β-unsaturated/α-hetero) is 1. The van der Waals surface area contributed by atoms with Gasteiger partial charge in [-0.15, -0.1) is 0 Å². The molecule has 8 nitrogen and oxygen atoms in total. The van der Waals surface area contributed by atoms with Gasteiger partial charge in [0.05, 0.1) is 23.9 Å². The van der Waals surface area contributed by atoms with E-state index in [1.165, 1.54) is 48.5 Å². The van der Waals surface area contributed by atoms with Gasteiger partial charge in [0.1, 0.15) is 5.69 Å². The van der Waals surface area contributed by atoms with Crippen LogP contribution in [0.25, 0.3) is 0 Å². The molecule has 0 atom stereocenters. The number of amides is 1. The summed E-state index contributed by atoms with van der Waals surface area (Å²) in [5.41, 5.74) is -1.01. The molecule has 1 aromatic heterocycles. The normalized spacial score (nSPS) is 11.0. The number of nitrogens with zero attached hydrogens (tertiary/aromatic N) is 2. The Kier molecular flexibility index (Phi) is 7.83. The molecule has 1 heterocycles. The molecule has 3 aromatic rings. The molecule has 0 radical (unpaired) electrons. The molecule has 0 spiro atoms. The number of alkyl halides is 3. The third-order valence-electron chi connectivity index (χ3n) is 5.10. The van der Waals surface area contributed by atoms with Crippen LogP contribution in [0.3, 0.4) is 0 Å². The minimum Gasteiger partial charge on any atom is -0.478 e. The fourth-order valence-electron chi connectivity index (χ4n) is 3.29. The Labute approximate surface area is 202 Å².